The van der Waals surface area contributed by atoms with Crippen molar-refractivity contribution in [1.29, 1.82) is 0 Å². The second-order valence-corrected chi connectivity index (χ2v) is 9.68. The van der Waals surface area contributed by atoms with Crippen molar-refractivity contribution >= 4 is 21.7 Å². The molecule has 0 bridgehead atoms. The lowest BCUT2D eigenvalue weighted by Crippen LogP contribution is -2.36. The molecule has 7 nitrogen and oxygen atoms in total. The lowest BCUT2D eigenvalue weighted by Gasteiger charge is -2.27. The molecule has 0 saturated heterocycles. The van der Waals surface area contributed by atoms with Gasteiger partial charge in [0.1, 0.15) is 18.5 Å². The van der Waals surface area contributed by atoms with Crippen molar-refractivity contribution in [3.8, 4) is 5.75 Å². The second kappa shape index (κ2) is 10.6. The maximum atomic E-state index is 14.2. The quantitative estimate of drug-likeness (QED) is 0.411. The largest absolute Gasteiger partial charge is 0.487 e. The number of halogens is 1. The molecule has 3 aromatic rings. The van der Waals surface area contributed by atoms with Gasteiger partial charge in [0.2, 0.25) is 0 Å². The summed E-state index contributed by atoms with van der Waals surface area (Å²) in [5, 5.41) is -0.182. The fourth-order valence-corrected chi connectivity index (χ4v) is 4.74. The summed E-state index contributed by atoms with van der Waals surface area (Å²) in [6, 6.07) is 14.6. The fraction of sp³-hybridized carbons (Fsp3) is 0.280. The number of aryl methyl sites for hydroxylation is 2. The average molecular weight is 487 g/mol. The zero-order valence-electron chi connectivity index (χ0n) is 19.5. The fourth-order valence-electron chi connectivity index (χ4n) is 3.27. The zero-order chi connectivity index (χ0) is 24.9. The molecule has 0 amide bonds. The summed E-state index contributed by atoms with van der Waals surface area (Å²) in [4.78, 5) is 15.6. The SMILES string of the molecule is COC(=O)c1ccc(COc2cc(C)c(C)cc2N(C[C@@H](C)F)S(=O)(=O)c2ccccn2)cc1. The van der Waals surface area contributed by atoms with Gasteiger partial charge in [0.05, 0.1) is 24.9 Å². The highest BCUT2D eigenvalue weighted by molar-refractivity contribution is 7.92. The summed E-state index contributed by atoms with van der Waals surface area (Å²) >= 11 is 0. The minimum Gasteiger partial charge on any atom is -0.487 e. The highest BCUT2D eigenvalue weighted by Crippen LogP contribution is 2.35. The highest BCUT2D eigenvalue weighted by atomic mass is 32.2. The molecule has 1 atom stereocenters. The summed E-state index contributed by atoms with van der Waals surface area (Å²) in [5.74, 6) is -0.153. The Hall–Kier alpha value is -3.46. The molecule has 34 heavy (non-hydrogen) atoms. The van der Waals surface area contributed by atoms with E-state index in [4.69, 9.17) is 9.47 Å². The molecule has 180 valence electrons. The number of methoxy groups -OCH3 is 1. The maximum absolute atomic E-state index is 14.2. The monoisotopic (exact) mass is 486 g/mol. The van der Waals surface area contributed by atoms with Crippen molar-refractivity contribution in [3.05, 3.63) is 83.0 Å². The molecule has 3 rings (SSSR count). The van der Waals surface area contributed by atoms with E-state index in [1.54, 1.807) is 48.5 Å². The molecule has 9 heteroatoms. The molecule has 1 aromatic heterocycles. The van der Waals surface area contributed by atoms with Crippen molar-refractivity contribution < 1.29 is 27.1 Å². The predicted molar refractivity (Wildman–Crippen MR) is 127 cm³/mol. The molecule has 1 heterocycles. The van der Waals surface area contributed by atoms with Crippen LogP contribution >= 0.6 is 0 Å². The lowest BCUT2D eigenvalue weighted by molar-refractivity contribution is 0.0600. The van der Waals surface area contributed by atoms with Crippen molar-refractivity contribution in [2.24, 2.45) is 0 Å². The van der Waals surface area contributed by atoms with Gasteiger partial charge in [-0.25, -0.2) is 14.2 Å². The van der Waals surface area contributed by atoms with Crippen molar-refractivity contribution in [2.45, 2.75) is 38.6 Å². The molecular weight excluding hydrogens is 459 g/mol. The van der Waals surface area contributed by atoms with Gasteiger partial charge in [0.15, 0.2) is 5.03 Å². The predicted octanol–water partition coefficient (Wildman–Crippen LogP) is 4.62. The highest BCUT2D eigenvalue weighted by Gasteiger charge is 2.30. The summed E-state index contributed by atoms with van der Waals surface area (Å²) in [6.45, 7) is 4.74. The number of esters is 1. The van der Waals surface area contributed by atoms with Crippen LogP contribution in [0.1, 0.15) is 34.0 Å². The van der Waals surface area contributed by atoms with E-state index in [0.29, 0.717) is 11.3 Å². The molecule has 0 aliphatic carbocycles. The first-order valence-corrected chi connectivity index (χ1v) is 12.1. The van der Waals surface area contributed by atoms with E-state index in [1.165, 1.54) is 26.3 Å². The van der Waals surface area contributed by atoms with Crippen LogP contribution in [0.4, 0.5) is 10.1 Å². The van der Waals surface area contributed by atoms with Crippen molar-refractivity contribution in [2.75, 3.05) is 18.0 Å². The standard InChI is InChI=1S/C25H27FN2O5S/c1-17-13-22(28(15-19(3)26)34(30,31)24-7-5-6-12-27-24)23(14-18(17)2)33-16-20-8-10-21(11-9-20)25(29)32-4/h5-14,19H,15-16H2,1-4H3/t19-/m1/s1. The van der Waals surface area contributed by atoms with Crippen LogP contribution in [0.5, 0.6) is 5.75 Å². The van der Waals surface area contributed by atoms with Crippen LogP contribution in [-0.4, -0.2) is 39.2 Å². The first kappa shape index (κ1) is 25.2. The van der Waals surface area contributed by atoms with Crippen molar-refractivity contribution in [3.63, 3.8) is 0 Å². The Morgan fingerprint density at radius 2 is 1.76 bits per heavy atom. The summed E-state index contributed by atoms with van der Waals surface area (Å²) in [5.41, 5.74) is 3.11. The number of sulfonamides is 1. The topological polar surface area (TPSA) is 85.8 Å². The van der Waals surface area contributed by atoms with Crippen LogP contribution in [0.15, 0.2) is 65.8 Å². The van der Waals surface area contributed by atoms with Crippen LogP contribution in [-0.2, 0) is 21.4 Å². The number of nitrogens with zero attached hydrogens (tertiary/aromatic N) is 2. The van der Waals surface area contributed by atoms with Crippen LogP contribution in [0.3, 0.4) is 0 Å². The molecule has 0 aliphatic rings. The molecule has 0 saturated carbocycles. The van der Waals surface area contributed by atoms with Gasteiger partial charge in [-0.3, -0.25) is 4.31 Å². The van der Waals surface area contributed by atoms with E-state index in [2.05, 4.69) is 4.98 Å². The summed E-state index contributed by atoms with van der Waals surface area (Å²) in [7, 11) is -2.84. The number of alkyl halides is 1. The number of rotatable bonds is 9. The number of benzene rings is 2. The first-order valence-electron chi connectivity index (χ1n) is 10.6. The van der Waals surface area contributed by atoms with E-state index in [-0.39, 0.29) is 17.3 Å². The number of aromatic nitrogens is 1. The zero-order valence-corrected chi connectivity index (χ0v) is 20.3. The number of hydrogen-bond acceptors (Lipinski definition) is 6. The van der Waals surface area contributed by atoms with Crippen molar-refractivity contribution in [1.82, 2.24) is 4.98 Å². The van der Waals surface area contributed by atoms with E-state index in [0.717, 1.165) is 21.0 Å². The van der Waals surface area contributed by atoms with Gasteiger partial charge in [-0.2, -0.15) is 8.42 Å². The maximum Gasteiger partial charge on any atom is 0.337 e. The molecular formula is C25H27FN2O5S. The van der Waals surface area contributed by atoms with Gasteiger partial charge < -0.3 is 9.47 Å². The number of hydrogen-bond donors (Lipinski definition) is 0. The number of anilines is 1. The number of pyridine rings is 1. The summed E-state index contributed by atoms with van der Waals surface area (Å²) in [6.07, 6.45) is -0.0569. The number of carbonyl (C=O) groups is 1. The molecule has 0 spiro atoms. The Bertz CT molecular complexity index is 1250. The molecule has 0 fully saturated rings. The average Bonchev–Trinajstić information content (AvgIpc) is 2.83. The number of carbonyl (C=O) groups excluding carboxylic acids is 1. The first-order chi connectivity index (χ1) is 16.1. The minimum atomic E-state index is -4.15. The lowest BCUT2D eigenvalue weighted by atomic mass is 10.1. The molecule has 0 aliphatic heterocycles. The van der Waals surface area contributed by atoms with Gasteiger partial charge in [-0.05, 0) is 73.9 Å². The van der Waals surface area contributed by atoms with Crippen LogP contribution in [0.2, 0.25) is 0 Å². The smallest absolute Gasteiger partial charge is 0.337 e. The van der Waals surface area contributed by atoms with Gasteiger partial charge in [0.25, 0.3) is 10.0 Å². The Kier molecular flexibility index (Phi) is 7.88. The molecule has 0 N–H and O–H groups in total. The third kappa shape index (κ3) is 5.72. The molecule has 0 radical (unpaired) electrons. The Labute approximate surface area is 199 Å². The second-order valence-electron chi connectivity index (χ2n) is 7.87. The minimum absolute atomic E-state index is 0.111. The van der Waals surface area contributed by atoms with Gasteiger partial charge >= 0.3 is 5.97 Å². The normalized spacial score (nSPS) is 12.1. The van der Waals surface area contributed by atoms with E-state index >= 15 is 0 Å². The van der Waals surface area contributed by atoms with E-state index in [9.17, 15) is 17.6 Å². The van der Waals surface area contributed by atoms with Crippen LogP contribution < -0.4 is 9.04 Å². The van der Waals surface area contributed by atoms with E-state index < -0.39 is 28.7 Å². The molecule has 0 unspecified atom stereocenters. The van der Waals surface area contributed by atoms with Gasteiger partial charge in [0, 0.05) is 6.20 Å². The van der Waals surface area contributed by atoms with Gasteiger partial charge in [-0.15, -0.1) is 0 Å². The number of ether oxygens (including phenoxy) is 2. The van der Waals surface area contributed by atoms with Crippen LogP contribution in [0, 0.1) is 13.8 Å². The third-order valence-corrected chi connectivity index (χ3v) is 6.92. The molecule has 2 aromatic carbocycles. The summed E-state index contributed by atoms with van der Waals surface area (Å²) < 4.78 is 52.7. The van der Waals surface area contributed by atoms with Gasteiger partial charge in [-0.1, -0.05) is 18.2 Å². The Morgan fingerprint density at radius 3 is 2.35 bits per heavy atom. The van der Waals surface area contributed by atoms with E-state index in [1.807, 2.05) is 13.8 Å². The van der Waals surface area contributed by atoms with Crippen LogP contribution in [0.25, 0.3) is 0 Å². The third-order valence-electron chi connectivity index (χ3n) is 5.22. The Balaban J connectivity index is 1.99. The Morgan fingerprint density at radius 1 is 1.09 bits per heavy atom.